The molecule has 5 heteroatoms. The minimum atomic E-state index is 0.697. The van der Waals surface area contributed by atoms with Crippen LogP contribution in [0.2, 0.25) is 0 Å². The summed E-state index contributed by atoms with van der Waals surface area (Å²) in [7, 11) is 0. The average Bonchev–Trinajstić information content (AvgIpc) is 2.57. The Labute approximate surface area is 130 Å². The molecule has 0 bridgehead atoms. The Balaban J connectivity index is 1.55. The number of benzene rings is 1. The fraction of sp³-hybridized carbons (Fsp3) is 0.294. The number of rotatable bonds is 3. The Morgan fingerprint density at radius 3 is 2.36 bits per heavy atom. The third-order valence-corrected chi connectivity index (χ3v) is 3.96. The van der Waals surface area contributed by atoms with Gasteiger partial charge in [-0.05, 0) is 29.8 Å². The lowest BCUT2D eigenvalue weighted by Gasteiger charge is -2.35. The average molecular weight is 293 g/mol. The summed E-state index contributed by atoms with van der Waals surface area (Å²) in [6, 6.07) is 13.8. The number of nitriles is 1. The normalized spacial score (nSPS) is 15.5. The fourth-order valence-electron chi connectivity index (χ4n) is 2.66. The van der Waals surface area contributed by atoms with E-state index < -0.39 is 0 Å². The van der Waals surface area contributed by atoms with Gasteiger partial charge in [-0.2, -0.15) is 5.26 Å². The first-order valence-electron chi connectivity index (χ1n) is 7.42. The highest BCUT2D eigenvalue weighted by Gasteiger charge is 2.17. The van der Waals surface area contributed by atoms with Crippen molar-refractivity contribution in [2.75, 3.05) is 36.8 Å². The van der Waals surface area contributed by atoms with Gasteiger partial charge in [0, 0.05) is 32.7 Å². The van der Waals surface area contributed by atoms with Gasteiger partial charge in [-0.3, -0.25) is 4.90 Å². The van der Waals surface area contributed by atoms with Gasteiger partial charge in [-0.25, -0.2) is 4.98 Å². The van der Waals surface area contributed by atoms with Crippen LogP contribution in [0.4, 0.5) is 11.5 Å². The van der Waals surface area contributed by atoms with Crippen LogP contribution in [0.15, 0.2) is 42.6 Å². The van der Waals surface area contributed by atoms with Crippen molar-refractivity contribution in [2.45, 2.75) is 6.54 Å². The van der Waals surface area contributed by atoms with E-state index in [1.165, 1.54) is 5.56 Å². The van der Waals surface area contributed by atoms with Crippen LogP contribution in [0.5, 0.6) is 0 Å². The zero-order valence-corrected chi connectivity index (χ0v) is 12.4. The van der Waals surface area contributed by atoms with E-state index >= 15 is 0 Å². The maximum Gasteiger partial charge on any atom is 0.128 e. The van der Waals surface area contributed by atoms with Gasteiger partial charge >= 0.3 is 0 Å². The molecule has 3 rings (SSSR count). The second kappa shape index (κ2) is 6.46. The number of nitrogen functional groups attached to an aromatic ring is 1. The summed E-state index contributed by atoms with van der Waals surface area (Å²) < 4.78 is 0. The van der Waals surface area contributed by atoms with Crippen LogP contribution in [0, 0.1) is 11.3 Å². The molecule has 2 heterocycles. The summed E-state index contributed by atoms with van der Waals surface area (Å²) in [5.41, 5.74) is 8.33. The molecule has 0 saturated carbocycles. The van der Waals surface area contributed by atoms with Crippen molar-refractivity contribution >= 4 is 11.5 Å². The van der Waals surface area contributed by atoms with Crippen LogP contribution in [-0.2, 0) is 6.54 Å². The van der Waals surface area contributed by atoms with Crippen LogP contribution in [0.3, 0.4) is 0 Å². The van der Waals surface area contributed by atoms with Crippen molar-refractivity contribution in [1.29, 1.82) is 5.26 Å². The Bertz CT molecular complexity index is 649. The third-order valence-electron chi connectivity index (χ3n) is 3.96. The lowest BCUT2D eigenvalue weighted by atomic mass is 10.1. The quantitative estimate of drug-likeness (QED) is 0.935. The fourth-order valence-corrected chi connectivity index (χ4v) is 2.66. The molecule has 2 N–H and O–H groups in total. The molecule has 1 aliphatic rings. The van der Waals surface area contributed by atoms with Gasteiger partial charge in [0.05, 0.1) is 23.5 Å². The van der Waals surface area contributed by atoms with Crippen molar-refractivity contribution in [1.82, 2.24) is 9.88 Å². The second-order valence-electron chi connectivity index (χ2n) is 5.52. The molecule has 2 aromatic rings. The van der Waals surface area contributed by atoms with E-state index in [2.05, 4.69) is 20.9 Å². The highest BCUT2D eigenvalue weighted by molar-refractivity contribution is 5.46. The number of nitrogens with two attached hydrogens (primary N) is 1. The minimum absolute atomic E-state index is 0.697. The maximum atomic E-state index is 8.82. The number of hydrogen-bond acceptors (Lipinski definition) is 5. The Hall–Kier alpha value is -2.58. The Kier molecular flexibility index (Phi) is 4.22. The lowest BCUT2D eigenvalue weighted by Crippen LogP contribution is -2.46. The van der Waals surface area contributed by atoms with E-state index in [9.17, 15) is 0 Å². The molecule has 1 aliphatic heterocycles. The van der Waals surface area contributed by atoms with Gasteiger partial charge in [-0.15, -0.1) is 0 Å². The van der Waals surface area contributed by atoms with Crippen LogP contribution in [0.1, 0.15) is 11.1 Å². The molecule has 0 unspecified atom stereocenters. The number of nitrogens with zero attached hydrogens (tertiary/aromatic N) is 4. The van der Waals surface area contributed by atoms with E-state index in [0.717, 1.165) is 38.5 Å². The molecule has 1 aromatic carbocycles. The van der Waals surface area contributed by atoms with Crippen LogP contribution < -0.4 is 10.6 Å². The molecule has 22 heavy (non-hydrogen) atoms. The summed E-state index contributed by atoms with van der Waals surface area (Å²) in [4.78, 5) is 9.09. The van der Waals surface area contributed by atoms with E-state index in [4.69, 9.17) is 11.0 Å². The molecule has 5 nitrogen and oxygen atoms in total. The number of pyridine rings is 1. The summed E-state index contributed by atoms with van der Waals surface area (Å²) in [6.45, 7) is 4.87. The third kappa shape index (κ3) is 3.35. The van der Waals surface area contributed by atoms with Gasteiger partial charge in [0.15, 0.2) is 0 Å². The zero-order valence-electron chi connectivity index (χ0n) is 12.4. The molecule has 0 radical (unpaired) electrons. The lowest BCUT2D eigenvalue weighted by molar-refractivity contribution is 0.249. The molecule has 112 valence electrons. The Morgan fingerprint density at radius 1 is 1.05 bits per heavy atom. The molecule has 0 spiro atoms. The highest BCUT2D eigenvalue weighted by atomic mass is 15.3. The first kappa shape index (κ1) is 14.4. The van der Waals surface area contributed by atoms with Gasteiger partial charge in [0.1, 0.15) is 5.82 Å². The number of aromatic nitrogens is 1. The molecule has 1 aromatic heterocycles. The number of piperazine rings is 1. The first-order valence-corrected chi connectivity index (χ1v) is 7.42. The predicted molar refractivity (Wildman–Crippen MR) is 87.3 cm³/mol. The topological polar surface area (TPSA) is 69.2 Å². The summed E-state index contributed by atoms with van der Waals surface area (Å²) in [5, 5.41) is 8.82. The predicted octanol–water partition coefficient (Wildman–Crippen LogP) is 1.86. The smallest absolute Gasteiger partial charge is 0.128 e. The first-order chi connectivity index (χ1) is 10.7. The molecular weight excluding hydrogens is 274 g/mol. The van der Waals surface area contributed by atoms with Gasteiger partial charge in [0.2, 0.25) is 0 Å². The molecular formula is C17H19N5. The second-order valence-corrected chi connectivity index (χ2v) is 5.52. The van der Waals surface area contributed by atoms with E-state index in [0.29, 0.717) is 11.3 Å². The number of hydrogen-bond donors (Lipinski definition) is 1. The SMILES string of the molecule is N#Cc1ccc(CN2CCN(c3ccc(N)cn3)CC2)cc1. The molecule has 1 saturated heterocycles. The monoisotopic (exact) mass is 293 g/mol. The standard InChI is InChI=1S/C17H19N5/c18-11-14-1-3-15(4-2-14)13-21-7-9-22(10-8-21)17-6-5-16(19)12-20-17/h1-6,12H,7-10,13,19H2. The van der Waals surface area contributed by atoms with Gasteiger partial charge < -0.3 is 10.6 Å². The molecule has 0 atom stereocenters. The van der Waals surface area contributed by atoms with Crippen molar-refractivity contribution in [2.24, 2.45) is 0 Å². The van der Waals surface area contributed by atoms with Crippen LogP contribution >= 0.6 is 0 Å². The number of anilines is 2. The Morgan fingerprint density at radius 2 is 1.77 bits per heavy atom. The van der Waals surface area contributed by atoms with Crippen molar-refractivity contribution in [3.8, 4) is 6.07 Å². The summed E-state index contributed by atoms with van der Waals surface area (Å²) in [6.07, 6.45) is 1.71. The molecule has 0 aliphatic carbocycles. The highest BCUT2D eigenvalue weighted by Crippen LogP contribution is 2.16. The van der Waals surface area contributed by atoms with Crippen molar-refractivity contribution in [3.05, 3.63) is 53.7 Å². The van der Waals surface area contributed by atoms with E-state index in [-0.39, 0.29) is 0 Å². The van der Waals surface area contributed by atoms with Crippen molar-refractivity contribution < 1.29 is 0 Å². The summed E-state index contributed by atoms with van der Waals surface area (Å²) in [5.74, 6) is 0.993. The van der Waals surface area contributed by atoms with Crippen LogP contribution in [0.25, 0.3) is 0 Å². The van der Waals surface area contributed by atoms with E-state index in [1.807, 2.05) is 36.4 Å². The molecule has 1 fully saturated rings. The maximum absolute atomic E-state index is 8.82. The van der Waals surface area contributed by atoms with E-state index in [1.54, 1.807) is 6.20 Å². The largest absolute Gasteiger partial charge is 0.397 e. The molecule has 0 amide bonds. The van der Waals surface area contributed by atoms with Gasteiger partial charge in [-0.1, -0.05) is 12.1 Å². The minimum Gasteiger partial charge on any atom is -0.397 e. The summed E-state index contributed by atoms with van der Waals surface area (Å²) >= 11 is 0. The van der Waals surface area contributed by atoms with Gasteiger partial charge in [0.25, 0.3) is 0 Å². The zero-order chi connectivity index (χ0) is 15.4. The van der Waals surface area contributed by atoms with Crippen LogP contribution in [-0.4, -0.2) is 36.1 Å². The van der Waals surface area contributed by atoms with Crippen molar-refractivity contribution in [3.63, 3.8) is 0 Å².